The predicted octanol–water partition coefficient (Wildman–Crippen LogP) is 3.05. The molecule has 5 nitrogen and oxygen atoms in total. The van der Waals surface area contributed by atoms with Crippen molar-refractivity contribution < 1.29 is 14.3 Å². The van der Waals surface area contributed by atoms with Crippen molar-refractivity contribution in [1.82, 2.24) is 9.88 Å². The minimum atomic E-state index is -0.412. The van der Waals surface area contributed by atoms with Crippen LogP contribution in [0.4, 0.5) is 0 Å². The number of carbonyl (C=O) groups is 2. The van der Waals surface area contributed by atoms with E-state index in [1.165, 1.54) is 18.2 Å². The number of nitrogens with one attached hydrogen (secondary N) is 1. The molecule has 1 aliphatic rings. The van der Waals surface area contributed by atoms with Gasteiger partial charge in [-0.1, -0.05) is 24.3 Å². The van der Waals surface area contributed by atoms with E-state index in [0.29, 0.717) is 22.5 Å². The largest absolute Gasteiger partial charge is 0.465 e. The Labute approximate surface area is 148 Å². The molecule has 5 heteroatoms. The first kappa shape index (κ1) is 17.4. The van der Waals surface area contributed by atoms with Gasteiger partial charge in [0.2, 0.25) is 0 Å². The molecule has 0 amide bonds. The molecule has 1 N–H and O–H groups in total. The minimum absolute atomic E-state index is 0.00938. The molecule has 0 bridgehead atoms. The lowest BCUT2D eigenvalue weighted by molar-refractivity contribution is 0.0599. The first-order valence-corrected chi connectivity index (χ1v) is 8.56. The van der Waals surface area contributed by atoms with Crippen molar-refractivity contribution in [2.24, 2.45) is 0 Å². The number of hydrogen-bond donors (Lipinski definition) is 1. The molecule has 2 aromatic rings. The first-order chi connectivity index (χ1) is 11.9. The molecule has 0 saturated carbocycles. The topological polar surface area (TPSA) is 62.4 Å². The van der Waals surface area contributed by atoms with Gasteiger partial charge in [-0.25, -0.2) is 4.79 Å². The van der Waals surface area contributed by atoms with Crippen LogP contribution in [-0.4, -0.2) is 41.3 Å². The van der Waals surface area contributed by atoms with E-state index in [9.17, 15) is 9.59 Å². The number of carbonyl (C=O) groups excluding carboxylic acids is 2. The van der Waals surface area contributed by atoms with Gasteiger partial charge in [0.1, 0.15) is 0 Å². The van der Waals surface area contributed by atoms with Gasteiger partial charge in [0.05, 0.1) is 24.4 Å². The normalized spacial score (nSPS) is 15.5. The van der Waals surface area contributed by atoms with Crippen molar-refractivity contribution in [2.45, 2.75) is 39.8 Å². The summed E-state index contributed by atoms with van der Waals surface area (Å²) < 4.78 is 4.83. The van der Waals surface area contributed by atoms with E-state index in [2.05, 4.69) is 28.1 Å². The van der Waals surface area contributed by atoms with Gasteiger partial charge in [-0.3, -0.25) is 9.69 Å². The first-order valence-electron chi connectivity index (χ1n) is 8.56. The number of benzene rings is 1. The summed E-state index contributed by atoms with van der Waals surface area (Å²) in [4.78, 5) is 30.2. The van der Waals surface area contributed by atoms with E-state index in [4.69, 9.17) is 4.74 Å². The van der Waals surface area contributed by atoms with Gasteiger partial charge in [-0.2, -0.15) is 0 Å². The van der Waals surface area contributed by atoms with Crippen LogP contribution in [0.2, 0.25) is 0 Å². The number of methoxy groups -OCH3 is 1. The van der Waals surface area contributed by atoms with Gasteiger partial charge in [0.15, 0.2) is 5.78 Å². The molecule has 1 aromatic heterocycles. The minimum Gasteiger partial charge on any atom is -0.465 e. The molecule has 1 unspecified atom stereocenters. The second kappa shape index (κ2) is 6.84. The number of ether oxygens (including phenoxy) is 1. The van der Waals surface area contributed by atoms with Gasteiger partial charge < -0.3 is 9.72 Å². The van der Waals surface area contributed by atoms with Gasteiger partial charge >= 0.3 is 5.97 Å². The van der Waals surface area contributed by atoms with Crippen LogP contribution in [0.25, 0.3) is 0 Å². The predicted molar refractivity (Wildman–Crippen MR) is 96.0 cm³/mol. The zero-order chi connectivity index (χ0) is 18.1. The number of aromatic nitrogens is 1. The van der Waals surface area contributed by atoms with E-state index in [1.807, 2.05) is 13.0 Å². The van der Waals surface area contributed by atoms with Crippen molar-refractivity contribution in [2.75, 3.05) is 13.7 Å². The highest BCUT2D eigenvalue weighted by Crippen LogP contribution is 2.24. The third kappa shape index (κ3) is 3.12. The standard InChI is InChI=1S/C20H24N2O3/c1-12-17(20(24)25-4)13(2)21-18(12)19(23)14(3)22-10-9-15-7-5-6-8-16(15)11-22/h5-8,14,21H,9-11H2,1-4H3. The highest BCUT2D eigenvalue weighted by atomic mass is 16.5. The SMILES string of the molecule is COC(=O)c1c(C)[nH]c(C(=O)C(C)N2CCc3ccccc3C2)c1C. The highest BCUT2D eigenvalue weighted by molar-refractivity contribution is 6.03. The number of nitrogens with zero attached hydrogens (tertiary/aromatic N) is 1. The van der Waals surface area contributed by atoms with Crippen LogP contribution in [0.1, 0.15) is 50.2 Å². The Balaban J connectivity index is 1.83. The average Bonchev–Trinajstić information content (AvgIpc) is 2.93. The number of fused-ring (bicyclic) bond motifs is 1. The molecule has 1 aliphatic heterocycles. The zero-order valence-electron chi connectivity index (χ0n) is 15.2. The van der Waals surface area contributed by atoms with Crippen LogP contribution in [-0.2, 0) is 17.7 Å². The number of Topliss-reactive ketones (excluding diaryl/α,β-unsaturated/α-hetero) is 1. The Hall–Kier alpha value is -2.40. The van der Waals surface area contributed by atoms with Crippen molar-refractivity contribution >= 4 is 11.8 Å². The maximum Gasteiger partial charge on any atom is 0.339 e. The molecule has 0 radical (unpaired) electrons. The molecule has 0 aliphatic carbocycles. The van der Waals surface area contributed by atoms with Crippen molar-refractivity contribution in [3.63, 3.8) is 0 Å². The molecule has 3 rings (SSSR count). The highest BCUT2D eigenvalue weighted by Gasteiger charge is 2.30. The number of esters is 1. The van der Waals surface area contributed by atoms with E-state index >= 15 is 0 Å². The summed E-state index contributed by atoms with van der Waals surface area (Å²) in [5.41, 5.74) is 4.94. The van der Waals surface area contributed by atoms with Crippen LogP contribution in [0, 0.1) is 13.8 Å². The Morgan fingerprint density at radius 1 is 1.20 bits per heavy atom. The number of aromatic amines is 1. The van der Waals surface area contributed by atoms with Gasteiger partial charge in [-0.05, 0) is 43.9 Å². The smallest absolute Gasteiger partial charge is 0.339 e. The quantitative estimate of drug-likeness (QED) is 0.686. The van der Waals surface area contributed by atoms with Crippen molar-refractivity contribution in [3.8, 4) is 0 Å². The molecule has 0 fully saturated rings. The Kier molecular flexibility index (Phi) is 4.77. The summed E-state index contributed by atoms with van der Waals surface area (Å²) in [6.07, 6.45) is 0.948. The Morgan fingerprint density at radius 3 is 2.56 bits per heavy atom. The lowest BCUT2D eigenvalue weighted by Gasteiger charge is -2.32. The molecule has 132 valence electrons. The summed E-state index contributed by atoms with van der Waals surface area (Å²) in [5, 5.41) is 0. The number of rotatable bonds is 4. The second-order valence-corrected chi connectivity index (χ2v) is 6.65. The van der Waals surface area contributed by atoms with Crippen LogP contribution < -0.4 is 0 Å². The fourth-order valence-corrected chi connectivity index (χ4v) is 3.63. The third-order valence-corrected chi connectivity index (χ3v) is 5.16. The fraction of sp³-hybridized carbons (Fsp3) is 0.400. The van der Waals surface area contributed by atoms with Crippen LogP contribution in [0.5, 0.6) is 0 Å². The second-order valence-electron chi connectivity index (χ2n) is 6.65. The number of H-pyrrole nitrogens is 1. The fourth-order valence-electron chi connectivity index (χ4n) is 3.63. The summed E-state index contributed by atoms with van der Waals surface area (Å²) >= 11 is 0. The molecule has 0 spiro atoms. The zero-order valence-corrected chi connectivity index (χ0v) is 15.2. The third-order valence-electron chi connectivity index (χ3n) is 5.16. The maximum absolute atomic E-state index is 13.0. The van der Waals surface area contributed by atoms with E-state index in [-0.39, 0.29) is 11.8 Å². The Bertz CT molecular complexity index is 822. The lowest BCUT2D eigenvalue weighted by Crippen LogP contribution is -2.42. The maximum atomic E-state index is 13.0. The monoisotopic (exact) mass is 340 g/mol. The molecular formula is C20H24N2O3. The van der Waals surface area contributed by atoms with Crippen molar-refractivity contribution in [3.05, 3.63) is 57.9 Å². The van der Waals surface area contributed by atoms with E-state index in [1.54, 1.807) is 13.8 Å². The molecule has 2 heterocycles. The summed E-state index contributed by atoms with van der Waals surface area (Å²) in [6, 6.07) is 8.12. The van der Waals surface area contributed by atoms with Crippen LogP contribution in [0.3, 0.4) is 0 Å². The summed E-state index contributed by atoms with van der Waals surface area (Å²) in [5.74, 6) is -0.403. The number of ketones is 1. The van der Waals surface area contributed by atoms with Gasteiger partial charge in [-0.15, -0.1) is 0 Å². The van der Waals surface area contributed by atoms with Crippen LogP contribution >= 0.6 is 0 Å². The average molecular weight is 340 g/mol. The molecule has 0 saturated heterocycles. The summed E-state index contributed by atoms with van der Waals surface area (Å²) in [6.45, 7) is 7.14. The number of aryl methyl sites for hydroxylation is 1. The van der Waals surface area contributed by atoms with Crippen molar-refractivity contribution in [1.29, 1.82) is 0 Å². The van der Waals surface area contributed by atoms with Gasteiger partial charge in [0.25, 0.3) is 0 Å². The summed E-state index contributed by atoms with van der Waals surface area (Å²) in [7, 11) is 1.35. The van der Waals surface area contributed by atoms with Gasteiger partial charge in [0, 0.05) is 18.8 Å². The van der Waals surface area contributed by atoms with Crippen LogP contribution in [0.15, 0.2) is 24.3 Å². The molecule has 1 atom stereocenters. The lowest BCUT2D eigenvalue weighted by atomic mass is 9.97. The molecule has 25 heavy (non-hydrogen) atoms. The molecular weight excluding hydrogens is 316 g/mol. The molecule has 1 aromatic carbocycles. The Morgan fingerprint density at radius 2 is 1.88 bits per heavy atom. The van der Waals surface area contributed by atoms with E-state index < -0.39 is 5.97 Å². The number of hydrogen-bond acceptors (Lipinski definition) is 4. The van der Waals surface area contributed by atoms with E-state index in [0.717, 1.165) is 19.5 Å².